The molecule has 148 valence electrons. The van der Waals surface area contributed by atoms with E-state index in [1.165, 1.54) is 5.56 Å². The lowest BCUT2D eigenvalue weighted by atomic mass is 10.1. The van der Waals surface area contributed by atoms with Gasteiger partial charge in [-0.1, -0.05) is 48.5 Å². The number of hydrogen-bond donors (Lipinski definition) is 2. The van der Waals surface area contributed by atoms with Gasteiger partial charge in [-0.05, 0) is 42.0 Å². The number of carbonyl (C=O) groups is 1. The second kappa shape index (κ2) is 8.80. The van der Waals surface area contributed by atoms with Crippen LogP contribution in [-0.2, 0) is 11.3 Å². The van der Waals surface area contributed by atoms with Gasteiger partial charge in [0, 0.05) is 43.2 Å². The third-order valence-corrected chi connectivity index (χ3v) is 5.32. The number of nitrogen functional groups attached to an aromatic ring is 1. The Bertz CT molecular complexity index is 928. The molecule has 1 atom stereocenters. The van der Waals surface area contributed by atoms with Crippen LogP contribution in [0.1, 0.15) is 5.56 Å². The van der Waals surface area contributed by atoms with Gasteiger partial charge in [-0.3, -0.25) is 9.69 Å². The first-order valence-corrected chi connectivity index (χ1v) is 9.93. The van der Waals surface area contributed by atoms with Gasteiger partial charge < -0.3 is 16.0 Å². The third kappa shape index (κ3) is 4.76. The molecule has 0 saturated carbocycles. The molecule has 3 N–H and O–H groups in total. The van der Waals surface area contributed by atoms with Crippen molar-refractivity contribution in [2.75, 3.05) is 35.6 Å². The Labute approximate surface area is 171 Å². The normalized spacial score (nSPS) is 17.1. The van der Waals surface area contributed by atoms with Crippen LogP contribution in [0, 0.1) is 0 Å². The van der Waals surface area contributed by atoms with E-state index >= 15 is 0 Å². The van der Waals surface area contributed by atoms with Crippen molar-refractivity contribution < 1.29 is 4.79 Å². The summed E-state index contributed by atoms with van der Waals surface area (Å²) in [6.45, 7) is 3.12. The minimum absolute atomic E-state index is 0.00586. The molecule has 0 radical (unpaired) electrons. The van der Waals surface area contributed by atoms with Crippen molar-refractivity contribution in [1.82, 2.24) is 4.90 Å². The molecular weight excluding hydrogens is 360 g/mol. The first-order valence-electron chi connectivity index (χ1n) is 9.93. The Balaban J connectivity index is 1.54. The summed E-state index contributed by atoms with van der Waals surface area (Å²) in [7, 11) is 0. The first-order chi connectivity index (χ1) is 14.2. The number of carbonyl (C=O) groups excluding carboxylic acids is 1. The molecule has 1 amide bonds. The van der Waals surface area contributed by atoms with Gasteiger partial charge >= 0.3 is 0 Å². The zero-order chi connectivity index (χ0) is 20.1. The molecule has 1 heterocycles. The average Bonchev–Trinajstić information content (AvgIpc) is 2.77. The van der Waals surface area contributed by atoms with Crippen molar-refractivity contribution in [2.24, 2.45) is 0 Å². The predicted octanol–water partition coefficient (Wildman–Crippen LogP) is 3.60. The van der Waals surface area contributed by atoms with Crippen molar-refractivity contribution >= 4 is 23.0 Å². The van der Waals surface area contributed by atoms with E-state index in [1.54, 1.807) is 12.1 Å². The number of piperazine rings is 1. The van der Waals surface area contributed by atoms with Crippen LogP contribution in [0.15, 0.2) is 84.9 Å². The van der Waals surface area contributed by atoms with Crippen LogP contribution in [0.2, 0.25) is 0 Å². The lowest BCUT2D eigenvalue weighted by molar-refractivity contribution is -0.121. The molecule has 0 unspecified atom stereocenters. The summed E-state index contributed by atoms with van der Waals surface area (Å²) in [4.78, 5) is 17.8. The Hall–Kier alpha value is -3.31. The van der Waals surface area contributed by atoms with Gasteiger partial charge in [-0.2, -0.15) is 0 Å². The number of hydrogen-bond acceptors (Lipinski definition) is 4. The predicted molar refractivity (Wildman–Crippen MR) is 119 cm³/mol. The fraction of sp³-hybridized carbons (Fsp3) is 0.208. The SMILES string of the molecule is Nc1ccc(NC(=O)[C@@H]2CN(c3ccccc3)CCN2Cc2ccccc2)cc1. The summed E-state index contributed by atoms with van der Waals surface area (Å²) in [5.74, 6) is 0.00586. The number of nitrogens with zero attached hydrogens (tertiary/aromatic N) is 2. The highest BCUT2D eigenvalue weighted by Gasteiger charge is 2.32. The Morgan fingerprint density at radius 1 is 0.897 bits per heavy atom. The van der Waals surface area contributed by atoms with Crippen molar-refractivity contribution in [2.45, 2.75) is 12.6 Å². The van der Waals surface area contributed by atoms with Crippen molar-refractivity contribution in [3.05, 3.63) is 90.5 Å². The van der Waals surface area contributed by atoms with Crippen LogP contribution in [-0.4, -0.2) is 36.5 Å². The molecule has 4 rings (SSSR count). The smallest absolute Gasteiger partial charge is 0.243 e. The molecule has 1 aliphatic rings. The van der Waals surface area contributed by atoms with E-state index in [2.05, 4.69) is 39.4 Å². The Morgan fingerprint density at radius 2 is 1.55 bits per heavy atom. The summed E-state index contributed by atoms with van der Waals surface area (Å²) in [5, 5.41) is 3.06. The van der Waals surface area contributed by atoms with Crippen LogP contribution in [0.5, 0.6) is 0 Å². The van der Waals surface area contributed by atoms with Crippen LogP contribution < -0.4 is 16.0 Å². The van der Waals surface area contributed by atoms with Crippen LogP contribution in [0.3, 0.4) is 0 Å². The van der Waals surface area contributed by atoms with E-state index in [1.807, 2.05) is 48.5 Å². The second-order valence-electron chi connectivity index (χ2n) is 7.36. The van der Waals surface area contributed by atoms with Crippen molar-refractivity contribution in [3.8, 4) is 0 Å². The number of rotatable bonds is 5. The summed E-state index contributed by atoms with van der Waals surface area (Å²) in [5.41, 5.74) is 9.57. The van der Waals surface area contributed by atoms with Gasteiger partial charge in [0.2, 0.25) is 5.91 Å². The van der Waals surface area contributed by atoms with E-state index in [0.29, 0.717) is 12.2 Å². The molecule has 3 aromatic rings. The molecule has 1 fully saturated rings. The minimum atomic E-state index is -0.248. The standard InChI is InChI=1S/C24H26N4O/c25-20-11-13-21(14-12-20)26-24(29)23-18-27(22-9-5-2-6-10-22)15-16-28(23)17-19-7-3-1-4-8-19/h1-14,23H,15-18,25H2,(H,26,29)/t23-/m0/s1. The Morgan fingerprint density at radius 3 is 2.24 bits per heavy atom. The molecule has 5 nitrogen and oxygen atoms in total. The summed E-state index contributed by atoms with van der Waals surface area (Å²) >= 11 is 0. The molecule has 5 heteroatoms. The summed E-state index contributed by atoms with van der Waals surface area (Å²) in [6.07, 6.45) is 0. The van der Waals surface area contributed by atoms with E-state index in [0.717, 1.165) is 31.0 Å². The van der Waals surface area contributed by atoms with Gasteiger partial charge in [-0.25, -0.2) is 0 Å². The highest BCUT2D eigenvalue weighted by Crippen LogP contribution is 2.22. The molecule has 3 aromatic carbocycles. The quantitative estimate of drug-likeness (QED) is 0.658. The van der Waals surface area contributed by atoms with E-state index in [9.17, 15) is 4.79 Å². The topological polar surface area (TPSA) is 61.6 Å². The number of anilines is 3. The zero-order valence-corrected chi connectivity index (χ0v) is 16.4. The first kappa shape index (κ1) is 19.0. The summed E-state index contributed by atoms with van der Waals surface area (Å²) in [6, 6.07) is 27.6. The van der Waals surface area contributed by atoms with Crippen molar-refractivity contribution in [1.29, 1.82) is 0 Å². The van der Waals surface area contributed by atoms with Crippen LogP contribution in [0.4, 0.5) is 17.1 Å². The number of benzene rings is 3. The maximum absolute atomic E-state index is 13.2. The third-order valence-electron chi connectivity index (χ3n) is 5.32. The van der Waals surface area contributed by atoms with Crippen LogP contribution in [0.25, 0.3) is 0 Å². The maximum Gasteiger partial charge on any atom is 0.243 e. The van der Waals surface area contributed by atoms with Crippen LogP contribution >= 0.6 is 0 Å². The minimum Gasteiger partial charge on any atom is -0.399 e. The lowest BCUT2D eigenvalue weighted by Gasteiger charge is -2.41. The molecule has 1 aliphatic heterocycles. The van der Waals surface area contributed by atoms with Gasteiger partial charge in [0.1, 0.15) is 6.04 Å². The van der Waals surface area contributed by atoms with Gasteiger partial charge in [0.05, 0.1) is 0 Å². The highest BCUT2D eigenvalue weighted by molar-refractivity contribution is 5.95. The molecule has 1 saturated heterocycles. The van der Waals surface area contributed by atoms with Gasteiger partial charge in [0.25, 0.3) is 0 Å². The number of nitrogens with one attached hydrogen (secondary N) is 1. The lowest BCUT2D eigenvalue weighted by Crippen LogP contribution is -2.57. The molecule has 0 aliphatic carbocycles. The van der Waals surface area contributed by atoms with E-state index in [-0.39, 0.29) is 11.9 Å². The Kier molecular flexibility index (Phi) is 5.77. The number of para-hydroxylation sites is 1. The fourth-order valence-corrected chi connectivity index (χ4v) is 3.74. The summed E-state index contributed by atoms with van der Waals surface area (Å²) < 4.78 is 0. The molecule has 0 bridgehead atoms. The number of nitrogens with two attached hydrogens (primary N) is 1. The second-order valence-corrected chi connectivity index (χ2v) is 7.36. The molecule has 0 aromatic heterocycles. The largest absolute Gasteiger partial charge is 0.399 e. The zero-order valence-electron chi connectivity index (χ0n) is 16.4. The average molecular weight is 386 g/mol. The maximum atomic E-state index is 13.2. The highest BCUT2D eigenvalue weighted by atomic mass is 16.2. The fourth-order valence-electron chi connectivity index (χ4n) is 3.74. The molecule has 0 spiro atoms. The monoisotopic (exact) mass is 386 g/mol. The molecular formula is C24H26N4O. The van der Waals surface area contributed by atoms with E-state index in [4.69, 9.17) is 5.73 Å². The van der Waals surface area contributed by atoms with Crippen molar-refractivity contribution in [3.63, 3.8) is 0 Å². The van der Waals surface area contributed by atoms with E-state index < -0.39 is 0 Å². The molecule has 29 heavy (non-hydrogen) atoms. The van der Waals surface area contributed by atoms with Gasteiger partial charge in [0.15, 0.2) is 0 Å². The van der Waals surface area contributed by atoms with Gasteiger partial charge in [-0.15, -0.1) is 0 Å². The number of amides is 1.